The third-order valence-corrected chi connectivity index (χ3v) is 8.58. The minimum atomic E-state index is -3.09. The fraction of sp³-hybridized carbons (Fsp3) is 0.360. The molecule has 1 atom stereocenters. The van der Waals surface area contributed by atoms with Crippen molar-refractivity contribution in [3.63, 3.8) is 0 Å². The molecule has 34 heavy (non-hydrogen) atoms. The topological polar surface area (TPSA) is 75.5 Å². The number of hydrogen-bond acceptors (Lipinski definition) is 5. The molecule has 0 spiro atoms. The first-order chi connectivity index (χ1) is 16.3. The van der Waals surface area contributed by atoms with Gasteiger partial charge in [0, 0.05) is 36.9 Å². The van der Waals surface area contributed by atoms with Crippen LogP contribution in [0.15, 0.2) is 54.6 Å². The number of amides is 1. The van der Waals surface area contributed by atoms with Gasteiger partial charge >= 0.3 is 0 Å². The van der Waals surface area contributed by atoms with E-state index >= 15 is 0 Å². The van der Waals surface area contributed by atoms with Crippen LogP contribution in [0.3, 0.4) is 0 Å². The molecule has 178 valence electrons. The molecule has 9 heteroatoms. The lowest BCUT2D eigenvalue weighted by Gasteiger charge is -2.35. The van der Waals surface area contributed by atoms with E-state index in [0.29, 0.717) is 43.3 Å². The van der Waals surface area contributed by atoms with E-state index < -0.39 is 9.84 Å². The number of carbonyl (C=O) groups is 1. The zero-order chi connectivity index (χ0) is 23.9. The average Bonchev–Trinajstić information content (AvgIpc) is 3.42. The van der Waals surface area contributed by atoms with Crippen molar-refractivity contribution in [1.82, 2.24) is 14.7 Å². The van der Waals surface area contributed by atoms with E-state index in [1.165, 1.54) is 0 Å². The number of aryl methyl sites for hydroxylation is 1. The third-order valence-electron chi connectivity index (χ3n) is 6.60. The molecule has 3 heterocycles. The summed E-state index contributed by atoms with van der Waals surface area (Å²) < 4.78 is 26.0. The van der Waals surface area contributed by atoms with Crippen molar-refractivity contribution in [1.29, 1.82) is 0 Å². The molecule has 0 bridgehead atoms. The first-order valence-corrected chi connectivity index (χ1v) is 13.7. The summed E-state index contributed by atoms with van der Waals surface area (Å²) in [5, 5.41) is 5.34. The quantitative estimate of drug-likeness (QED) is 0.546. The summed E-state index contributed by atoms with van der Waals surface area (Å²) in [5.74, 6) is 0.0812. The Labute approximate surface area is 204 Å². The van der Waals surface area contributed by atoms with Crippen LogP contribution in [-0.2, 0) is 9.84 Å². The molecule has 1 unspecified atom stereocenters. The molecular weight excluding hydrogens is 472 g/mol. The molecular formula is C25H27ClN4O3S. The van der Waals surface area contributed by atoms with Gasteiger partial charge in [0.1, 0.15) is 0 Å². The third kappa shape index (κ3) is 4.70. The van der Waals surface area contributed by atoms with Crippen molar-refractivity contribution in [2.24, 2.45) is 0 Å². The molecule has 0 radical (unpaired) electrons. The van der Waals surface area contributed by atoms with Crippen LogP contribution < -0.4 is 4.90 Å². The van der Waals surface area contributed by atoms with Gasteiger partial charge in [-0.1, -0.05) is 47.5 Å². The second-order valence-corrected chi connectivity index (χ2v) is 11.7. The molecule has 0 N–H and O–H groups in total. The second-order valence-electron chi connectivity index (χ2n) is 9.04. The molecule has 2 fully saturated rings. The minimum absolute atomic E-state index is 0.0550. The summed E-state index contributed by atoms with van der Waals surface area (Å²) in [7, 11) is -3.09. The number of halogens is 1. The van der Waals surface area contributed by atoms with Crippen LogP contribution in [0.4, 0.5) is 5.69 Å². The first-order valence-electron chi connectivity index (χ1n) is 11.5. The molecule has 3 aromatic rings. The molecule has 0 saturated carbocycles. The highest BCUT2D eigenvalue weighted by Gasteiger charge is 2.33. The summed E-state index contributed by atoms with van der Waals surface area (Å²) in [6.45, 7) is 4.59. The van der Waals surface area contributed by atoms with Crippen LogP contribution in [-0.4, -0.2) is 66.7 Å². The molecule has 2 aliphatic rings. The standard InChI is InChI=1S/C25H27ClN4O3S/c1-18-5-7-19(8-6-18)24-16-23(27-30(24)22-9-14-34(32,33)17-22)25(31)29-12-10-28(11-13-29)21-4-2-3-20(26)15-21/h2-8,15-16,22H,9-14,17H2,1H3. The number of piperazine rings is 1. The molecule has 1 amide bonds. The summed E-state index contributed by atoms with van der Waals surface area (Å²) in [4.78, 5) is 17.4. The van der Waals surface area contributed by atoms with Crippen LogP contribution in [0.5, 0.6) is 0 Å². The number of sulfone groups is 1. The SMILES string of the molecule is Cc1ccc(-c2cc(C(=O)N3CCN(c4cccc(Cl)c4)CC3)nn2C2CCS(=O)(=O)C2)cc1. The Morgan fingerprint density at radius 2 is 1.76 bits per heavy atom. The highest BCUT2D eigenvalue weighted by molar-refractivity contribution is 7.91. The lowest BCUT2D eigenvalue weighted by Crippen LogP contribution is -2.48. The molecule has 5 rings (SSSR count). The zero-order valence-corrected chi connectivity index (χ0v) is 20.6. The van der Waals surface area contributed by atoms with Crippen LogP contribution in [0.25, 0.3) is 11.3 Å². The van der Waals surface area contributed by atoms with Gasteiger partial charge < -0.3 is 9.80 Å². The summed E-state index contributed by atoms with van der Waals surface area (Å²) in [5.41, 5.74) is 4.24. The lowest BCUT2D eigenvalue weighted by molar-refractivity contribution is 0.0739. The predicted octanol–water partition coefficient (Wildman–Crippen LogP) is 3.83. The number of anilines is 1. The zero-order valence-electron chi connectivity index (χ0n) is 19.0. The molecule has 7 nitrogen and oxygen atoms in total. The van der Waals surface area contributed by atoms with E-state index in [1.807, 2.05) is 60.4 Å². The molecule has 0 aliphatic carbocycles. The van der Waals surface area contributed by atoms with Crippen LogP contribution in [0, 0.1) is 6.92 Å². The van der Waals surface area contributed by atoms with Crippen molar-refractivity contribution >= 4 is 33.0 Å². The number of nitrogens with zero attached hydrogens (tertiary/aromatic N) is 4. The summed E-state index contributed by atoms with van der Waals surface area (Å²) in [6, 6.07) is 17.3. The van der Waals surface area contributed by atoms with E-state index in [-0.39, 0.29) is 23.5 Å². The largest absolute Gasteiger partial charge is 0.368 e. The van der Waals surface area contributed by atoms with Crippen molar-refractivity contribution in [3.05, 3.63) is 70.9 Å². The molecule has 1 aromatic heterocycles. The Morgan fingerprint density at radius 1 is 1.03 bits per heavy atom. The Hall–Kier alpha value is -2.84. The maximum absolute atomic E-state index is 13.4. The number of benzene rings is 2. The smallest absolute Gasteiger partial charge is 0.274 e. The van der Waals surface area contributed by atoms with Crippen molar-refractivity contribution < 1.29 is 13.2 Å². The van der Waals surface area contributed by atoms with E-state index in [4.69, 9.17) is 11.6 Å². The Morgan fingerprint density at radius 3 is 2.41 bits per heavy atom. The Kier molecular flexibility index (Phi) is 6.12. The Balaban J connectivity index is 1.38. The summed E-state index contributed by atoms with van der Waals surface area (Å²) >= 11 is 6.13. The van der Waals surface area contributed by atoms with Crippen molar-refractivity contribution in [3.8, 4) is 11.3 Å². The first kappa shape index (κ1) is 22.9. The van der Waals surface area contributed by atoms with Crippen LogP contribution >= 0.6 is 11.6 Å². The monoisotopic (exact) mass is 498 g/mol. The van der Waals surface area contributed by atoms with Crippen molar-refractivity contribution in [2.45, 2.75) is 19.4 Å². The predicted molar refractivity (Wildman–Crippen MR) is 134 cm³/mol. The fourth-order valence-corrected chi connectivity index (χ4v) is 6.56. The number of carbonyl (C=O) groups excluding carboxylic acids is 1. The van der Waals surface area contributed by atoms with Gasteiger partial charge in [-0.05, 0) is 43.2 Å². The van der Waals surface area contributed by atoms with Gasteiger partial charge in [-0.15, -0.1) is 0 Å². The van der Waals surface area contributed by atoms with Crippen LogP contribution in [0.2, 0.25) is 5.02 Å². The van der Waals surface area contributed by atoms with Gasteiger partial charge in [0.05, 0.1) is 23.2 Å². The van der Waals surface area contributed by atoms with Crippen LogP contribution in [0.1, 0.15) is 28.5 Å². The van der Waals surface area contributed by atoms with E-state index in [0.717, 1.165) is 22.5 Å². The van der Waals surface area contributed by atoms with Gasteiger partial charge in [-0.3, -0.25) is 9.48 Å². The highest BCUT2D eigenvalue weighted by atomic mass is 35.5. The van der Waals surface area contributed by atoms with Gasteiger partial charge in [0.25, 0.3) is 5.91 Å². The number of rotatable bonds is 4. The number of hydrogen-bond donors (Lipinski definition) is 0. The van der Waals surface area contributed by atoms with Gasteiger partial charge in [0.2, 0.25) is 0 Å². The summed E-state index contributed by atoms with van der Waals surface area (Å²) in [6.07, 6.45) is 0.509. The molecule has 2 aromatic carbocycles. The molecule has 2 saturated heterocycles. The van der Waals surface area contributed by atoms with Crippen molar-refractivity contribution in [2.75, 3.05) is 42.6 Å². The van der Waals surface area contributed by atoms with Gasteiger partial charge in [-0.25, -0.2) is 8.42 Å². The maximum atomic E-state index is 13.4. The molecule has 2 aliphatic heterocycles. The van der Waals surface area contributed by atoms with E-state index in [2.05, 4.69) is 10.00 Å². The second kappa shape index (κ2) is 9.07. The van der Waals surface area contributed by atoms with Gasteiger partial charge in [0.15, 0.2) is 15.5 Å². The normalized spacial score (nSPS) is 20.0. The average molecular weight is 499 g/mol. The van der Waals surface area contributed by atoms with E-state index in [1.54, 1.807) is 10.7 Å². The highest BCUT2D eigenvalue weighted by Crippen LogP contribution is 2.31. The lowest BCUT2D eigenvalue weighted by atomic mass is 10.1. The van der Waals surface area contributed by atoms with E-state index in [9.17, 15) is 13.2 Å². The fourth-order valence-electron chi connectivity index (χ4n) is 4.69. The number of aromatic nitrogens is 2. The maximum Gasteiger partial charge on any atom is 0.274 e. The minimum Gasteiger partial charge on any atom is -0.368 e. The Bertz CT molecular complexity index is 1310. The van der Waals surface area contributed by atoms with Gasteiger partial charge in [-0.2, -0.15) is 5.10 Å².